The lowest BCUT2D eigenvalue weighted by atomic mass is 10.1. The van der Waals surface area contributed by atoms with Gasteiger partial charge >= 0.3 is 0 Å². The molecule has 0 unspecified atom stereocenters. The van der Waals surface area contributed by atoms with E-state index in [0.717, 1.165) is 5.56 Å². The van der Waals surface area contributed by atoms with E-state index in [1.165, 1.54) is 0 Å². The first-order chi connectivity index (χ1) is 5.74. The van der Waals surface area contributed by atoms with Gasteiger partial charge in [-0.15, -0.1) is 0 Å². The number of halogens is 1. The highest BCUT2D eigenvalue weighted by Crippen LogP contribution is 2.18. The first kappa shape index (κ1) is 8.91. The average molecular weight is 182 g/mol. The molecule has 0 N–H and O–H groups in total. The zero-order chi connectivity index (χ0) is 8.97. The summed E-state index contributed by atoms with van der Waals surface area (Å²) in [5.74, 6) is 0. The highest BCUT2D eigenvalue weighted by atomic mass is 35.5. The molecule has 0 amide bonds. The quantitative estimate of drug-likeness (QED) is 0.379. The largest absolute Gasteiger partial charge is 0.0862 e. The lowest BCUT2D eigenvalue weighted by Gasteiger charge is -2.03. The van der Waals surface area contributed by atoms with E-state index in [9.17, 15) is 0 Å². The van der Waals surface area contributed by atoms with E-state index in [4.69, 9.17) is 17.1 Å². The number of hydrogen-bond donors (Lipinski definition) is 0. The maximum absolute atomic E-state index is 8.18. The van der Waals surface area contributed by atoms with Crippen molar-refractivity contribution in [2.75, 3.05) is 0 Å². The summed E-state index contributed by atoms with van der Waals surface area (Å²) in [4.78, 5) is 2.73. The van der Waals surface area contributed by atoms with Crippen LogP contribution < -0.4 is 0 Å². The zero-order valence-corrected chi connectivity index (χ0v) is 7.36. The third-order valence-electron chi connectivity index (χ3n) is 1.58. The lowest BCUT2D eigenvalue weighted by Crippen LogP contribution is -1.86. The van der Waals surface area contributed by atoms with Crippen LogP contribution >= 0.6 is 11.6 Å². The van der Waals surface area contributed by atoms with E-state index < -0.39 is 0 Å². The molecule has 0 bridgehead atoms. The average Bonchev–Trinajstić information content (AvgIpc) is 2.06. The van der Waals surface area contributed by atoms with Crippen molar-refractivity contribution in [1.29, 1.82) is 0 Å². The molecule has 62 valence electrons. The second-order valence-corrected chi connectivity index (χ2v) is 2.87. The van der Waals surface area contributed by atoms with E-state index in [0.29, 0.717) is 5.02 Å². The van der Waals surface area contributed by atoms with Gasteiger partial charge in [-0.2, -0.15) is 0 Å². The van der Waals surface area contributed by atoms with Gasteiger partial charge < -0.3 is 0 Å². The number of azide groups is 1. The second-order valence-electron chi connectivity index (χ2n) is 2.43. The summed E-state index contributed by atoms with van der Waals surface area (Å²) in [6.07, 6.45) is 0. The fourth-order valence-corrected chi connectivity index (χ4v) is 1.01. The highest BCUT2D eigenvalue weighted by molar-refractivity contribution is 6.30. The fourth-order valence-electron chi connectivity index (χ4n) is 0.885. The Kier molecular flexibility index (Phi) is 2.97. The minimum atomic E-state index is -0.132. The van der Waals surface area contributed by atoms with Crippen molar-refractivity contribution in [3.05, 3.63) is 45.3 Å². The molecular weight excluding hydrogens is 174 g/mol. The van der Waals surface area contributed by atoms with Gasteiger partial charge in [0.05, 0.1) is 6.04 Å². The van der Waals surface area contributed by atoms with Gasteiger partial charge in [-0.25, -0.2) is 0 Å². The van der Waals surface area contributed by atoms with Crippen LogP contribution in [0.1, 0.15) is 18.5 Å². The van der Waals surface area contributed by atoms with Gasteiger partial charge in [-0.3, -0.25) is 0 Å². The molecule has 1 rings (SSSR count). The molecule has 1 atom stereocenters. The van der Waals surface area contributed by atoms with E-state index in [1.807, 2.05) is 19.1 Å². The Morgan fingerprint density at radius 3 is 2.50 bits per heavy atom. The molecule has 0 heterocycles. The molecule has 0 fully saturated rings. The summed E-state index contributed by atoms with van der Waals surface area (Å²) in [6, 6.07) is 7.12. The summed E-state index contributed by atoms with van der Waals surface area (Å²) < 4.78 is 0. The number of hydrogen-bond acceptors (Lipinski definition) is 1. The molecule has 0 aliphatic heterocycles. The van der Waals surface area contributed by atoms with Gasteiger partial charge in [0.2, 0.25) is 0 Å². The summed E-state index contributed by atoms with van der Waals surface area (Å²) in [5.41, 5.74) is 9.15. The van der Waals surface area contributed by atoms with Gasteiger partial charge in [0.25, 0.3) is 0 Å². The van der Waals surface area contributed by atoms with Crippen LogP contribution in [0.2, 0.25) is 5.02 Å². The Balaban J connectivity index is 2.89. The van der Waals surface area contributed by atoms with Gasteiger partial charge in [0, 0.05) is 9.93 Å². The van der Waals surface area contributed by atoms with Crippen molar-refractivity contribution in [2.24, 2.45) is 5.11 Å². The third kappa shape index (κ3) is 2.16. The van der Waals surface area contributed by atoms with Crippen LogP contribution in [0.3, 0.4) is 0 Å². The molecule has 0 spiro atoms. The highest BCUT2D eigenvalue weighted by Gasteiger charge is 2.00. The Labute approximate surface area is 75.6 Å². The second kappa shape index (κ2) is 4.00. The third-order valence-corrected chi connectivity index (χ3v) is 1.83. The summed E-state index contributed by atoms with van der Waals surface area (Å²) in [5, 5.41) is 4.25. The zero-order valence-electron chi connectivity index (χ0n) is 6.61. The Morgan fingerprint density at radius 2 is 2.00 bits per heavy atom. The maximum atomic E-state index is 8.18. The first-order valence-electron chi connectivity index (χ1n) is 3.53. The lowest BCUT2D eigenvalue weighted by molar-refractivity contribution is 0.808. The molecular formula is C8H8ClN3. The van der Waals surface area contributed by atoms with Crippen molar-refractivity contribution >= 4 is 11.6 Å². The predicted octanol–water partition coefficient (Wildman–Crippen LogP) is 3.71. The standard InChI is InChI=1S/C8H8ClN3/c1-6(11-12-10)7-2-4-8(9)5-3-7/h2-6H,1H3/t6-/m1/s1. The van der Waals surface area contributed by atoms with E-state index in [-0.39, 0.29) is 6.04 Å². The molecule has 3 nitrogen and oxygen atoms in total. The van der Waals surface area contributed by atoms with E-state index in [1.54, 1.807) is 12.1 Å². The smallest absolute Gasteiger partial charge is 0.0597 e. The number of nitrogens with zero attached hydrogens (tertiary/aromatic N) is 3. The van der Waals surface area contributed by atoms with Crippen LogP contribution in [-0.2, 0) is 0 Å². The van der Waals surface area contributed by atoms with Crippen molar-refractivity contribution in [3.63, 3.8) is 0 Å². The first-order valence-corrected chi connectivity index (χ1v) is 3.91. The molecule has 0 saturated heterocycles. The molecule has 0 aromatic heterocycles. The van der Waals surface area contributed by atoms with Crippen LogP contribution in [0, 0.1) is 0 Å². The number of rotatable bonds is 2. The molecule has 4 heteroatoms. The summed E-state index contributed by atoms with van der Waals surface area (Å²) in [6.45, 7) is 1.84. The molecule has 0 radical (unpaired) electrons. The van der Waals surface area contributed by atoms with E-state index >= 15 is 0 Å². The van der Waals surface area contributed by atoms with Gasteiger partial charge in [-0.05, 0) is 23.2 Å². The van der Waals surface area contributed by atoms with Crippen LogP contribution in [0.4, 0.5) is 0 Å². The van der Waals surface area contributed by atoms with Gasteiger partial charge in [0.15, 0.2) is 0 Å². The Morgan fingerprint density at radius 1 is 1.42 bits per heavy atom. The van der Waals surface area contributed by atoms with E-state index in [2.05, 4.69) is 10.0 Å². The van der Waals surface area contributed by atoms with Gasteiger partial charge in [-0.1, -0.05) is 35.8 Å². The molecule has 1 aromatic carbocycles. The topological polar surface area (TPSA) is 48.8 Å². The van der Waals surface area contributed by atoms with Crippen molar-refractivity contribution in [2.45, 2.75) is 13.0 Å². The predicted molar refractivity (Wildman–Crippen MR) is 49.0 cm³/mol. The molecule has 0 aliphatic carbocycles. The maximum Gasteiger partial charge on any atom is 0.0597 e. The molecule has 0 saturated carbocycles. The molecule has 12 heavy (non-hydrogen) atoms. The molecule has 0 aliphatic rings. The normalized spacial score (nSPS) is 11.8. The summed E-state index contributed by atoms with van der Waals surface area (Å²) in [7, 11) is 0. The van der Waals surface area contributed by atoms with Crippen LogP contribution in [0.15, 0.2) is 29.4 Å². The monoisotopic (exact) mass is 181 g/mol. The van der Waals surface area contributed by atoms with Crippen molar-refractivity contribution < 1.29 is 0 Å². The van der Waals surface area contributed by atoms with Crippen LogP contribution in [-0.4, -0.2) is 0 Å². The van der Waals surface area contributed by atoms with Crippen molar-refractivity contribution in [3.8, 4) is 0 Å². The Hall–Kier alpha value is -1.18. The molecule has 1 aromatic rings. The fraction of sp³-hybridized carbons (Fsp3) is 0.250. The van der Waals surface area contributed by atoms with Crippen LogP contribution in [0.25, 0.3) is 10.4 Å². The SMILES string of the molecule is C[C@@H](N=[N+]=[N-])c1ccc(Cl)cc1. The summed E-state index contributed by atoms with van der Waals surface area (Å²) >= 11 is 5.69. The Bertz CT molecular complexity index is 301. The minimum absolute atomic E-state index is 0.132. The number of benzene rings is 1. The van der Waals surface area contributed by atoms with Crippen LogP contribution in [0.5, 0.6) is 0 Å². The van der Waals surface area contributed by atoms with Crippen molar-refractivity contribution in [1.82, 2.24) is 0 Å². The minimum Gasteiger partial charge on any atom is -0.0862 e. The van der Waals surface area contributed by atoms with Gasteiger partial charge in [0.1, 0.15) is 0 Å².